The molecule has 15 heteroatoms. The number of piperazine rings is 1. The molecular formula is C19H18ClF2N9O2S. The summed E-state index contributed by atoms with van der Waals surface area (Å²) in [7, 11) is 0. The Hall–Kier alpha value is -3.10. The van der Waals surface area contributed by atoms with Gasteiger partial charge in [-0.05, 0) is 19.1 Å². The molecule has 1 aromatic carbocycles. The van der Waals surface area contributed by atoms with E-state index >= 15 is 0 Å². The number of nitrogen functional groups attached to an aromatic ring is 1. The van der Waals surface area contributed by atoms with Crippen LogP contribution in [0.5, 0.6) is 11.5 Å². The predicted octanol–water partition coefficient (Wildman–Crippen LogP) is 2.44. The molecule has 0 spiro atoms. The highest BCUT2D eigenvalue weighted by atomic mass is 35.5. The largest absolute Gasteiger partial charge is 0.586 e. The zero-order chi connectivity index (χ0) is 23.6. The Balaban J connectivity index is 1.22. The summed E-state index contributed by atoms with van der Waals surface area (Å²) < 4.78 is 46.0. The van der Waals surface area contributed by atoms with E-state index in [1.54, 1.807) is 6.07 Å². The zero-order valence-corrected chi connectivity index (χ0v) is 19.4. The topological polar surface area (TPSA) is 120 Å². The van der Waals surface area contributed by atoms with E-state index in [1.165, 1.54) is 10.6 Å². The van der Waals surface area contributed by atoms with Gasteiger partial charge in [0.1, 0.15) is 5.52 Å². The third-order valence-electron chi connectivity index (χ3n) is 6.00. The van der Waals surface area contributed by atoms with Crippen molar-refractivity contribution in [3.63, 3.8) is 0 Å². The van der Waals surface area contributed by atoms with Crippen LogP contribution in [0.1, 0.15) is 12.7 Å². The van der Waals surface area contributed by atoms with Crippen LogP contribution in [0.4, 0.5) is 20.5 Å². The Bertz CT molecular complexity index is 1410. The van der Waals surface area contributed by atoms with Crippen molar-refractivity contribution in [3.8, 4) is 11.5 Å². The third-order valence-corrected chi connectivity index (χ3v) is 6.87. The highest BCUT2D eigenvalue weighted by molar-refractivity contribution is 6.99. The molecule has 0 radical (unpaired) electrons. The number of anilines is 2. The van der Waals surface area contributed by atoms with Gasteiger partial charge in [-0.3, -0.25) is 4.90 Å². The summed E-state index contributed by atoms with van der Waals surface area (Å²) in [5.41, 5.74) is 6.63. The van der Waals surface area contributed by atoms with Crippen LogP contribution in [0.15, 0.2) is 12.1 Å². The average Bonchev–Trinajstić information content (AvgIpc) is 3.49. The van der Waals surface area contributed by atoms with Crippen molar-refractivity contribution in [1.29, 1.82) is 0 Å². The van der Waals surface area contributed by atoms with Gasteiger partial charge in [-0.15, -0.1) is 13.9 Å². The van der Waals surface area contributed by atoms with Gasteiger partial charge >= 0.3 is 6.29 Å². The first-order valence-electron chi connectivity index (χ1n) is 10.5. The molecule has 1 atom stereocenters. The van der Waals surface area contributed by atoms with Crippen LogP contribution in [0.25, 0.3) is 16.6 Å². The molecule has 1 fully saturated rings. The van der Waals surface area contributed by atoms with Crippen LogP contribution >= 0.6 is 23.3 Å². The zero-order valence-electron chi connectivity index (χ0n) is 17.8. The second kappa shape index (κ2) is 7.71. The van der Waals surface area contributed by atoms with Gasteiger partial charge in [0.25, 0.3) is 0 Å². The lowest BCUT2D eigenvalue weighted by Crippen LogP contribution is -2.52. The van der Waals surface area contributed by atoms with E-state index in [0.717, 1.165) is 43.7 Å². The maximum absolute atomic E-state index is 13.6. The van der Waals surface area contributed by atoms with Crippen molar-refractivity contribution in [2.75, 3.05) is 36.8 Å². The summed E-state index contributed by atoms with van der Waals surface area (Å²) in [4.78, 5) is 13.3. The number of alkyl halides is 2. The predicted molar refractivity (Wildman–Crippen MR) is 121 cm³/mol. The van der Waals surface area contributed by atoms with Gasteiger partial charge in [0.2, 0.25) is 5.95 Å². The van der Waals surface area contributed by atoms with Crippen LogP contribution in [-0.2, 0) is 6.42 Å². The minimum absolute atomic E-state index is 0.0178. The minimum Gasteiger partial charge on any atom is -0.395 e. The molecule has 2 N–H and O–H groups in total. The molecule has 11 nitrogen and oxygen atoms in total. The third kappa shape index (κ3) is 3.52. The Kier molecular flexibility index (Phi) is 4.86. The molecule has 0 unspecified atom stereocenters. The van der Waals surface area contributed by atoms with Crippen molar-refractivity contribution in [2.45, 2.75) is 25.7 Å². The molecule has 34 heavy (non-hydrogen) atoms. The number of nitrogens with zero attached hydrogens (tertiary/aromatic N) is 8. The highest BCUT2D eigenvalue weighted by Gasteiger charge is 2.45. The van der Waals surface area contributed by atoms with E-state index in [4.69, 9.17) is 17.3 Å². The summed E-state index contributed by atoms with van der Waals surface area (Å²) in [5, 5.41) is 5.41. The fourth-order valence-electron chi connectivity index (χ4n) is 4.37. The lowest BCUT2D eigenvalue weighted by atomic mass is 10.2. The summed E-state index contributed by atoms with van der Waals surface area (Å²) in [6, 6.07) is 3.26. The van der Waals surface area contributed by atoms with E-state index in [1.807, 2.05) is 0 Å². The first kappa shape index (κ1) is 21.4. The molecule has 4 aromatic rings. The standard InChI is InChI=1S/C19H18ClF2N9O2S/c1-9-8-30(17-15(20)27-34-28-17)7-6-29(9)5-4-12-24-16-10-2-3-11-14(33-19(21,22)32-11)13(10)25-18(23)31(16)26-12/h2-3,9H,4-8H2,1H3,(H2,23,25)/t9-/m1/s1. The molecule has 1 saturated heterocycles. The maximum atomic E-state index is 13.6. The lowest BCUT2D eigenvalue weighted by molar-refractivity contribution is -0.286. The van der Waals surface area contributed by atoms with Gasteiger partial charge in [0.15, 0.2) is 33.9 Å². The second-order valence-corrected chi connectivity index (χ2v) is 9.04. The smallest absolute Gasteiger partial charge is 0.395 e. The quantitative estimate of drug-likeness (QED) is 0.439. The molecule has 3 aromatic heterocycles. The Morgan fingerprint density at radius 1 is 1.24 bits per heavy atom. The van der Waals surface area contributed by atoms with Crippen molar-refractivity contribution >= 4 is 51.6 Å². The van der Waals surface area contributed by atoms with Crippen LogP contribution < -0.4 is 20.1 Å². The van der Waals surface area contributed by atoms with E-state index in [0.29, 0.717) is 28.4 Å². The molecule has 178 valence electrons. The lowest BCUT2D eigenvalue weighted by Gasteiger charge is -2.39. The van der Waals surface area contributed by atoms with E-state index in [-0.39, 0.29) is 29.0 Å². The molecule has 0 saturated carbocycles. The van der Waals surface area contributed by atoms with E-state index in [2.05, 4.69) is 50.0 Å². The minimum atomic E-state index is -3.75. The number of hydrogen-bond donors (Lipinski definition) is 1. The molecular weight excluding hydrogens is 492 g/mol. The fraction of sp³-hybridized carbons (Fsp3) is 0.421. The van der Waals surface area contributed by atoms with Crippen molar-refractivity contribution in [1.82, 2.24) is 33.2 Å². The van der Waals surface area contributed by atoms with E-state index in [9.17, 15) is 8.78 Å². The van der Waals surface area contributed by atoms with Gasteiger partial charge < -0.3 is 20.1 Å². The van der Waals surface area contributed by atoms with E-state index < -0.39 is 6.29 Å². The number of aromatic nitrogens is 6. The number of fused-ring (bicyclic) bond motifs is 5. The number of nitrogens with two attached hydrogens (primary N) is 1. The summed E-state index contributed by atoms with van der Waals surface area (Å²) in [5.74, 6) is 1.06. The summed E-state index contributed by atoms with van der Waals surface area (Å²) in [6.45, 7) is 5.27. The number of hydrogen-bond acceptors (Lipinski definition) is 11. The van der Waals surface area contributed by atoms with Gasteiger partial charge in [-0.25, -0.2) is 9.97 Å². The normalized spacial score (nSPS) is 20.0. The van der Waals surface area contributed by atoms with Crippen LogP contribution in [0, 0.1) is 0 Å². The Labute approximate surface area is 200 Å². The first-order chi connectivity index (χ1) is 16.3. The molecule has 0 bridgehead atoms. The second-order valence-electron chi connectivity index (χ2n) is 8.15. The van der Waals surface area contributed by atoms with Crippen LogP contribution in [0.3, 0.4) is 0 Å². The summed E-state index contributed by atoms with van der Waals surface area (Å²) >= 11 is 7.24. The maximum Gasteiger partial charge on any atom is 0.586 e. The molecule has 5 heterocycles. The van der Waals surface area contributed by atoms with Crippen molar-refractivity contribution < 1.29 is 18.3 Å². The molecule has 0 aliphatic carbocycles. The molecule has 0 amide bonds. The van der Waals surface area contributed by atoms with Crippen molar-refractivity contribution in [2.24, 2.45) is 0 Å². The summed E-state index contributed by atoms with van der Waals surface area (Å²) in [6.07, 6.45) is -3.17. The van der Waals surface area contributed by atoms with Gasteiger partial charge in [0.05, 0.1) is 11.7 Å². The number of ether oxygens (including phenoxy) is 2. The van der Waals surface area contributed by atoms with Gasteiger partial charge in [-0.1, -0.05) is 11.6 Å². The number of benzene rings is 1. The van der Waals surface area contributed by atoms with Crippen LogP contribution in [-0.4, -0.2) is 71.7 Å². The van der Waals surface area contributed by atoms with Gasteiger partial charge in [-0.2, -0.15) is 13.3 Å². The van der Waals surface area contributed by atoms with Crippen molar-refractivity contribution in [3.05, 3.63) is 23.1 Å². The number of rotatable bonds is 4. The average molecular weight is 510 g/mol. The monoisotopic (exact) mass is 509 g/mol. The molecule has 6 rings (SSSR count). The highest BCUT2D eigenvalue weighted by Crippen LogP contribution is 2.45. The molecule has 2 aliphatic rings. The van der Waals surface area contributed by atoms with Crippen LogP contribution in [0.2, 0.25) is 5.15 Å². The molecule has 2 aliphatic heterocycles. The number of halogens is 3. The SMILES string of the molecule is C[C@@H]1CN(c2nsnc2Cl)CCN1CCc1nc2c3ccc4c(c3nc(N)n2n1)OC(F)(F)O4. The first-order valence-corrected chi connectivity index (χ1v) is 11.6. The van der Waals surface area contributed by atoms with Gasteiger partial charge in [0, 0.05) is 44.0 Å². The fourth-order valence-corrected chi connectivity index (χ4v) is 5.15. The Morgan fingerprint density at radius 2 is 2.09 bits per heavy atom. The Morgan fingerprint density at radius 3 is 2.85 bits per heavy atom.